The van der Waals surface area contributed by atoms with Crippen molar-refractivity contribution < 1.29 is 18.7 Å². The molecule has 2 aliphatic rings. The summed E-state index contributed by atoms with van der Waals surface area (Å²) < 4.78 is 18.7. The lowest BCUT2D eigenvalue weighted by atomic mass is 9.76. The van der Waals surface area contributed by atoms with E-state index in [0.29, 0.717) is 17.3 Å². The minimum atomic E-state index is -0.404. The Morgan fingerprint density at radius 3 is 2.34 bits per heavy atom. The molecule has 6 nitrogen and oxygen atoms in total. The maximum atomic E-state index is 13.3. The first-order chi connectivity index (χ1) is 18.5. The number of anilines is 1. The molecule has 3 aromatic rings. The second kappa shape index (κ2) is 11.8. The Bertz CT molecular complexity index is 1230. The van der Waals surface area contributed by atoms with Gasteiger partial charge in [0.15, 0.2) is 0 Å². The van der Waals surface area contributed by atoms with Crippen molar-refractivity contribution in [2.24, 2.45) is 0 Å². The van der Waals surface area contributed by atoms with Crippen molar-refractivity contribution in [3.05, 3.63) is 101 Å². The van der Waals surface area contributed by atoms with Crippen molar-refractivity contribution in [3.63, 3.8) is 0 Å². The number of carbonyl (C=O) groups excluding carboxylic acids is 2. The van der Waals surface area contributed by atoms with E-state index in [9.17, 15) is 14.0 Å². The van der Waals surface area contributed by atoms with Crippen LogP contribution in [0.2, 0.25) is 0 Å². The molecule has 2 amide bonds. The van der Waals surface area contributed by atoms with Gasteiger partial charge in [-0.2, -0.15) is 0 Å². The van der Waals surface area contributed by atoms with E-state index in [4.69, 9.17) is 4.74 Å². The zero-order valence-corrected chi connectivity index (χ0v) is 21.5. The molecule has 1 saturated heterocycles. The Hall–Kier alpha value is -3.71. The third-order valence-corrected chi connectivity index (χ3v) is 7.67. The van der Waals surface area contributed by atoms with Gasteiger partial charge in [0.2, 0.25) is 0 Å². The highest BCUT2D eigenvalue weighted by molar-refractivity contribution is 5.92. The van der Waals surface area contributed by atoms with Crippen molar-refractivity contribution in [3.8, 4) is 0 Å². The molecule has 2 fully saturated rings. The topological polar surface area (TPSA) is 70.7 Å². The first kappa shape index (κ1) is 25.9. The van der Waals surface area contributed by atoms with Crippen molar-refractivity contribution in [2.45, 2.75) is 56.7 Å². The molecule has 1 aliphatic heterocycles. The fourth-order valence-corrected chi connectivity index (χ4v) is 5.44. The highest BCUT2D eigenvalue weighted by Crippen LogP contribution is 2.35. The number of likely N-dealkylation sites (tertiary alicyclic amines) is 1. The maximum Gasteiger partial charge on any atom is 0.338 e. The Balaban J connectivity index is 1.12. The zero-order valence-electron chi connectivity index (χ0n) is 21.5. The van der Waals surface area contributed by atoms with Gasteiger partial charge in [0.1, 0.15) is 12.4 Å². The average Bonchev–Trinajstić information content (AvgIpc) is 3.34. The molecule has 38 heavy (non-hydrogen) atoms. The van der Waals surface area contributed by atoms with E-state index < -0.39 is 5.97 Å². The third kappa shape index (κ3) is 6.58. The predicted octanol–water partition coefficient (Wildman–Crippen LogP) is 5.93. The Morgan fingerprint density at radius 2 is 1.66 bits per heavy atom. The van der Waals surface area contributed by atoms with Crippen LogP contribution in [0.4, 0.5) is 14.9 Å². The van der Waals surface area contributed by atoms with E-state index in [1.807, 2.05) is 42.5 Å². The summed E-state index contributed by atoms with van der Waals surface area (Å²) in [6.07, 6.45) is 6.13. The summed E-state index contributed by atoms with van der Waals surface area (Å²) in [7, 11) is 0. The van der Waals surface area contributed by atoms with Crippen molar-refractivity contribution >= 4 is 17.7 Å². The summed E-state index contributed by atoms with van der Waals surface area (Å²) in [6, 6.07) is 23.2. The van der Waals surface area contributed by atoms with E-state index in [1.54, 1.807) is 24.3 Å². The molecule has 0 aromatic heterocycles. The largest absolute Gasteiger partial charge is 0.457 e. The number of nitrogens with zero attached hydrogens (tertiary/aromatic N) is 1. The lowest BCUT2D eigenvalue weighted by molar-refractivity contribution is 0.0472. The Labute approximate surface area is 223 Å². The molecule has 1 heterocycles. The van der Waals surface area contributed by atoms with E-state index >= 15 is 0 Å². The molecule has 0 bridgehead atoms. The molecular formula is C31H34FN3O3. The quantitative estimate of drug-likeness (QED) is 0.347. The summed E-state index contributed by atoms with van der Waals surface area (Å²) in [5.74, 6) is -0.614. The number of benzene rings is 3. The smallest absolute Gasteiger partial charge is 0.338 e. The lowest BCUT2D eigenvalue weighted by Crippen LogP contribution is -2.61. The van der Waals surface area contributed by atoms with Gasteiger partial charge in [0.05, 0.1) is 11.1 Å². The average molecular weight is 516 g/mol. The maximum absolute atomic E-state index is 13.3. The van der Waals surface area contributed by atoms with Gasteiger partial charge in [-0.1, -0.05) is 42.5 Å². The normalized spacial score (nSPS) is 18.4. The van der Waals surface area contributed by atoms with Crippen LogP contribution >= 0.6 is 0 Å². The molecule has 1 unspecified atom stereocenters. The number of nitrogens with one attached hydrogen (secondary N) is 2. The van der Waals surface area contributed by atoms with Crippen LogP contribution in [0, 0.1) is 5.82 Å². The Morgan fingerprint density at radius 1 is 0.921 bits per heavy atom. The molecule has 7 heteroatoms. The second-order valence-electron chi connectivity index (χ2n) is 10.4. The highest BCUT2D eigenvalue weighted by atomic mass is 19.1. The fraction of sp³-hybridized carbons (Fsp3) is 0.355. The zero-order chi connectivity index (χ0) is 26.4. The number of urea groups is 1. The van der Waals surface area contributed by atoms with Crippen LogP contribution in [0.15, 0.2) is 78.9 Å². The van der Waals surface area contributed by atoms with Crippen LogP contribution in [0.1, 0.15) is 53.6 Å². The van der Waals surface area contributed by atoms with E-state index in [1.165, 1.54) is 12.1 Å². The number of rotatable bonds is 9. The SMILES string of the molecule is O=C(Nc1ccc(C(=O)OCc2ccccc2)cc1)NC1(CN2CCCC2Cc2ccc(F)cc2)CCC1. The molecule has 1 aliphatic carbocycles. The fourth-order valence-electron chi connectivity index (χ4n) is 5.44. The van der Waals surface area contributed by atoms with Gasteiger partial charge < -0.3 is 15.4 Å². The van der Waals surface area contributed by atoms with Crippen molar-refractivity contribution in [2.75, 3.05) is 18.4 Å². The van der Waals surface area contributed by atoms with Gasteiger partial charge >= 0.3 is 12.0 Å². The number of ether oxygens (including phenoxy) is 1. The summed E-state index contributed by atoms with van der Waals surface area (Å²) in [5, 5.41) is 6.15. The van der Waals surface area contributed by atoms with Crippen molar-refractivity contribution in [1.29, 1.82) is 0 Å². The van der Waals surface area contributed by atoms with Crippen molar-refractivity contribution in [1.82, 2.24) is 10.2 Å². The Kier molecular flexibility index (Phi) is 8.03. The van der Waals surface area contributed by atoms with Crippen LogP contribution in [0.3, 0.4) is 0 Å². The van der Waals surface area contributed by atoms with E-state index in [2.05, 4.69) is 15.5 Å². The minimum Gasteiger partial charge on any atom is -0.457 e. The molecule has 3 aromatic carbocycles. The van der Waals surface area contributed by atoms with Crippen LogP contribution in [0.5, 0.6) is 0 Å². The summed E-state index contributed by atoms with van der Waals surface area (Å²) in [6.45, 7) is 2.04. The highest BCUT2D eigenvalue weighted by Gasteiger charge is 2.42. The van der Waals surface area contributed by atoms with Gasteiger partial charge in [-0.25, -0.2) is 14.0 Å². The number of hydrogen-bond donors (Lipinski definition) is 2. The standard InChI is InChI=1S/C31H34FN3O3/c32-26-13-9-23(10-14-26)20-28-8-4-19-35(28)22-31(17-5-18-31)34-30(37)33-27-15-11-25(12-16-27)29(36)38-21-24-6-2-1-3-7-24/h1-3,6-7,9-16,28H,4-5,8,17-22H2,(H2,33,34,37). The molecule has 5 rings (SSSR count). The second-order valence-corrected chi connectivity index (χ2v) is 10.4. The molecule has 2 N–H and O–H groups in total. The van der Waals surface area contributed by atoms with Gasteiger partial charge in [0, 0.05) is 18.3 Å². The summed E-state index contributed by atoms with van der Waals surface area (Å²) in [4.78, 5) is 27.8. The monoisotopic (exact) mass is 515 g/mol. The summed E-state index contributed by atoms with van der Waals surface area (Å²) in [5.41, 5.74) is 2.88. The predicted molar refractivity (Wildman–Crippen MR) is 145 cm³/mol. The van der Waals surface area contributed by atoms with Crippen LogP contribution in [-0.2, 0) is 17.8 Å². The number of hydrogen-bond acceptors (Lipinski definition) is 4. The lowest BCUT2D eigenvalue weighted by Gasteiger charge is -2.46. The van der Waals surface area contributed by atoms with Gasteiger partial charge in [0.25, 0.3) is 0 Å². The van der Waals surface area contributed by atoms with Crippen LogP contribution < -0.4 is 10.6 Å². The number of amides is 2. The molecule has 1 atom stereocenters. The number of esters is 1. The molecule has 198 valence electrons. The molecule has 0 spiro atoms. The minimum absolute atomic E-state index is 0.210. The first-order valence-electron chi connectivity index (χ1n) is 13.4. The van der Waals surface area contributed by atoms with Gasteiger partial charge in [-0.15, -0.1) is 0 Å². The van der Waals surface area contributed by atoms with E-state index in [-0.39, 0.29) is 24.0 Å². The van der Waals surface area contributed by atoms with Crippen LogP contribution in [-0.4, -0.2) is 41.6 Å². The molecular weight excluding hydrogens is 481 g/mol. The molecule has 1 saturated carbocycles. The van der Waals surface area contributed by atoms with Gasteiger partial charge in [-0.05, 0) is 92.6 Å². The number of carbonyl (C=O) groups is 2. The van der Waals surface area contributed by atoms with Gasteiger partial charge in [-0.3, -0.25) is 4.90 Å². The summed E-state index contributed by atoms with van der Waals surface area (Å²) >= 11 is 0. The molecule has 0 radical (unpaired) electrons. The number of halogens is 1. The van der Waals surface area contributed by atoms with Crippen LogP contribution in [0.25, 0.3) is 0 Å². The first-order valence-corrected chi connectivity index (χ1v) is 13.4. The van der Waals surface area contributed by atoms with E-state index in [0.717, 1.165) is 62.7 Å². The third-order valence-electron chi connectivity index (χ3n) is 7.67.